The van der Waals surface area contributed by atoms with E-state index in [4.69, 9.17) is 4.55 Å². The number of unbranched alkanes of at least 4 members (excludes halogenated alkanes) is 1. The van der Waals surface area contributed by atoms with Crippen molar-refractivity contribution in [3.63, 3.8) is 0 Å². The molecule has 21 heavy (non-hydrogen) atoms. The van der Waals surface area contributed by atoms with Crippen LogP contribution in [0, 0.1) is 0 Å². The van der Waals surface area contributed by atoms with E-state index in [0.717, 1.165) is 43.5 Å². The standard InChI is InChI=1S/C14H28N2O4S/c1-4-14(17)15-10-9-12-16(5-2,6-3)11-7-8-13-21(18,19)20/h4H,1,5-13H2,2-3H3,(H-,15,17,18,19,20)/p+1. The maximum absolute atomic E-state index is 11.1. The molecule has 0 saturated heterocycles. The first kappa shape index (κ1) is 20.1. The van der Waals surface area contributed by atoms with Gasteiger partial charge in [-0.2, -0.15) is 8.42 Å². The highest BCUT2D eigenvalue weighted by Crippen LogP contribution is 2.11. The topological polar surface area (TPSA) is 83.5 Å². The van der Waals surface area contributed by atoms with E-state index < -0.39 is 10.1 Å². The van der Waals surface area contributed by atoms with Crippen LogP contribution in [0.25, 0.3) is 0 Å². The highest BCUT2D eigenvalue weighted by atomic mass is 32.2. The Morgan fingerprint density at radius 2 is 1.76 bits per heavy atom. The fraction of sp³-hybridized carbons (Fsp3) is 0.786. The van der Waals surface area contributed by atoms with Crippen LogP contribution in [0.1, 0.15) is 33.1 Å². The normalized spacial score (nSPS) is 12.1. The summed E-state index contributed by atoms with van der Waals surface area (Å²) in [5.74, 6) is -0.329. The number of carbonyl (C=O) groups excluding carboxylic acids is 1. The molecule has 6 nitrogen and oxygen atoms in total. The van der Waals surface area contributed by atoms with Crippen LogP contribution in [0.5, 0.6) is 0 Å². The van der Waals surface area contributed by atoms with Crippen LogP contribution < -0.4 is 5.32 Å². The highest BCUT2D eigenvalue weighted by Gasteiger charge is 2.22. The molecule has 7 heteroatoms. The summed E-state index contributed by atoms with van der Waals surface area (Å²) in [5.41, 5.74) is 0. The Morgan fingerprint density at radius 1 is 1.19 bits per heavy atom. The summed E-state index contributed by atoms with van der Waals surface area (Å²) in [6.45, 7) is 12.0. The SMILES string of the molecule is C=CC(=O)NCCC[N+](CC)(CC)CCCCS(=O)(=O)O. The van der Waals surface area contributed by atoms with Gasteiger partial charge in [-0.05, 0) is 32.8 Å². The molecule has 124 valence electrons. The highest BCUT2D eigenvalue weighted by molar-refractivity contribution is 7.85. The van der Waals surface area contributed by atoms with Crippen LogP contribution in [0.4, 0.5) is 0 Å². The van der Waals surface area contributed by atoms with Crippen molar-refractivity contribution in [1.29, 1.82) is 0 Å². The van der Waals surface area contributed by atoms with E-state index in [1.54, 1.807) is 0 Å². The second-order valence-corrected chi connectivity index (χ2v) is 6.84. The van der Waals surface area contributed by atoms with E-state index in [9.17, 15) is 13.2 Å². The average Bonchev–Trinajstić information content (AvgIpc) is 2.44. The summed E-state index contributed by atoms with van der Waals surface area (Å²) in [4.78, 5) is 11.1. The number of hydrogen-bond donors (Lipinski definition) is 2. The zero-order valence-corrected chi connectivity index (χ0v) is 14.0. The number of quaternary nitrogens is 1. The first-order valence-electron chi connectivity index (χ1n) is 7.49. The van der Waals surface area contributed by atoms with E-state index in [0.29, 0.717) is 13.0 Å². The Morgan fingerprint density at radius 3 is 2.24 bits per heavy atom. The number of rotatable bonds is 12. The van der Waals surface area contributed by atoms with Crippen molar-refractivity contribution in [2.24, 2.45) is 0 Å². The molecule has 0 unspecified atom stereocenters. The van der Waals surface area contributed by atoms with Crippen molar-refractivity contribution in [2.75, 3.05) is 38.5 Å². The minimum absolute atomic E-state index is 0.158. The largest absolute Gasteiger partial charge is 0.352 e. The molecule has 0 spiro atoms. The molecular formula is C14H29N2O4S+. The van der Waals surface area contributed by atoms with Gasteiger partial charge in [-0.1, -0.05) is 6.58 Å². The van der Waals surface area contributed by atoms with Crippen molar-refractivity contribution in [3.8, 4) is 0 Å². The molecule has 1 amide bonds. The Labute approximate surface area is 128 Å². The minimum Gasteiger partial charge on any atom is -0.352 e. The molecule has 0 aromatic heterocycles. The predicted octanol–water partition coefficient (Wildman–Crippen LogP) is 1.20. The summed E-state index contributed by atoms with van der Waals surface area (Å²) in [6, 6.07) is 0. The predicted molar refractivity (Wildman–Crippen MR) is 84.5 cm³/mol. The summed E-state index contributed by atoms with van der Waals surface area (Å²) in [7, 11) is -3.85. The average molecular weight is 321 g/mol. The number of carbonyl (C=O) groups is 1. The molecule has 0 heterocycles. The molecule has 0 rings (SSSR count). The third-order valence-corrected chi connectivity index (χ3v) is 4.72. The summed E-state index contributed by atoms with van der Waals surface area (Å²) >= 11 is 0. The second kappa shape index (κ2) is 9.92. The van der Waals surface area contributed by atoms with Crippen LogP contribution in [0.3, 0.4) is 0 Å². The van der Waals surface area contributed by atoms with Crippen molar-refractivity contribution >= 4 is 16.0 Å². The Bertz CT molecular complexity index is 417. The van der Waals surface area contributed by atoms with Gasteiger partial charge in [0, 0.05) is 13.0 Å². The van der Waals surface area contributed by atoms with Gasteiger partial charge in [0.15, 0.2) is 0 Å². The van der Waals surface area contributed by atoms with E-state index in [1.165, 1.54) is 6.08 Å². The molecule has 0 saturated carbocycles. The summed E-state index contributed by atoms with van der Waals surface area (Å²) < 4.78 is 31.0. The molecule has 0 aliphatic rings. The van der Waals surface area contributed by atoms with Gasteiger partial charge >= 0.3 is 0 Å². The lowest BCUT2D eigenvalue weighted by atomic mass is 10.2. The van der Waals surface area contributed by atoms with Crippen LogP contribution in [0.15, 0.2) is 12.7 Å². The Kier molecular flexibility index (Phi) is 9.48. The van der Waals surface area contributed by atoms with E-state index in [2.05, 4.69) is 25.7 Å². The third kappa shape index (κ3) is 9.60. The maximum atomic E-state index is 11.1. The molecule has 0 aliphatic heterocycles. The quantitative estimate of drug-likeness (QED) is 0.245. The number of amides is 1. The van der Waals surface area contributed by atoms with E-state index in [1.807, 2.05) is 0 Å². The van der Waals surface area contributed by atoms with Crippen LogP contribution >= 0.6 is 0 Å². The molecule has 0 aromatic carbocycles. The van der Waals surface area contributed by atoms with Gasteiger partial charge < -0.3 is 9.80 Å². The Balaban J connectivity index is 4.16. The van der Waals surface area contributed by atoms with Crippen molar-refractivity contribution in [1.82, 2.24) is 5.32 Å². The maximum Gasteiger partial charge on any atom is 0.264 e. The lowest BCUT2D eigenvalue weighted by Crippen LogP contribution is -2.49. The molecule has 0 aliphatic carbocycles. The molecule has 0 bridgehead atoms. The molecule has 0 radical (unpaired) electrons. The van der Waals surface area contributed by atoms with Gasteiger partial charge in [-0.25, -0.2) is 0 Å². The lowest BCUT2D eigenvalue weighted by molar-refractivity contribution is -0.925. The van der Waals surface area contributed by atoms with Crippen molar-refractivity contribution < 1.29 is 22.2 Å². The zero-order valence-electron chi connectivity index (χ0n) is 13.2. The fourth-order valence-corrected chi connectivity index (χ4v) is 2.97. The summed E-state index contributed by atoms with van der Waals surface area (Å²) in [6.07, 6.45) is 3.38. The summed E-state index contributed by atoms with van der Waals surface area (Å²) in [5, 5.41) is 2.76. The third-order valence-electron chi connectivity index (χ3n) is 3.92. The minimum atomic E-state index is -3.85. The Hall–Kier alpha value is -0.920. The molecule has 0 atom stereocenters. The van der Waals surface area contributed by atoms with Crippen molar-refractivity contribution in [3.05, 3.63) is 12.7 Å². The molecule has 2 N–H and O–H groups in total. The van der Waals surface area contributed by atoms with Gasteiger partial charge in [0.2, 0.25) is 5.91 Å². The fourth-order valence-electron chi connectivity index (χ4n) is 2.40. The van der Waals surface area contributed by atoms with E-state index in [-0.39, 0.29) is 11.7 Å². The monoisotopic (exact) mass is 321 g/mol. The van der Waals surface area contributed by atoms with Gasteiger partial charge in [0.05, 0.1) is 31.9 Å². The van der Waals surface area contributed by atoms with Crippen LogP contribution in [0.2, 0.25) is 0 Å². The van der Waals surface area contributed by atoms with Gasteiger partial charge in [0.25, 0.3) is 10.1 Å². The van der Waals surface area contributed by atoms with Crippen molar-refractivity contribution in [2.45, 2.75) is 33.1 Å². The van der Waals surface area contributed by atoms with Gasteiger partial charge in [-0.15, -0.1) is 0 Å². The molecule has 0 aromatic rings. The second-order valence-electron chi connectivity index (χ2n) is 5.26. The number of hydrogen-bond acceptors (Lipinski definition) is 3. The van der Waals surface area contributed by atoms with Crippen LogP contribution in [-0.2, 0) is 14.9 Å². The zero-order chi connectivity index (χ0) is 16.4. The molecule has 0 fully saturated rings. The first-order valence-corrected chi connectivity index (χ1v) is 9.10. The van der Waals surface area contributed by atoms with E-state index >= 15 is 0 Å². The van der Waals surface area contributed by atoms with Crippen LogP contribution in [-0.4, -0.2) is 61.8 Å². The van der Waals surface area contributed by atoms with Gasteiger partial charge in [0.1, 0.15) is 0 Å². The number of nitrogens with zero attached hydrogens (tertiary/aromatic N) is 1. The first-order chi connectivity index (χ1) is 9.78. The van der Waals surface area contributed by atoms with Gasteiger partial charge in [-0.3, -0.25) is 9.35 Å². The number of nitrogens with one attached hydrogen (secondary N) is 1. The smallest absolute Gasteiger partial charge is 0.264 e. The lowest BCUT2D eigenvalue weighted by Gasteiger charge is -2.37. The molecular weight excluding hydrogens is 292 g/mol.